The molecule has 3 rings (SSSR count). The first kappa shape index (κ1) is 20.4. The minimum atomic E-state index is -5.10. The second kappa shape index (κ2) is 8.77. The smallest absolute Gasteiger partial charge is 0.351 e. The topological polar surface area (TPSA) is 49.4 Å². The van der Waals surface area contributed by atoms with Gasteiger partial charge in [-0.05, 0) is 36.4 Å². The number of anilines is 1. The predicted octanol–water partition coefficient (Wildman–Crippen LogP) is 4.83. The highest BCUT2D eigenvalue weighted by molar-refractivity contribution is 7.10. The molecule has 28 heavy (non-hydrogen) atoms. The number of thiophene rings is 1. The van der Waals surface area contributed by atoms with Crippen LogP contribution in [0.25, 0.3) is 0 Å². The Morgan fingerprint density at radius 2 is 1.71 bits per heavy atom. The Balaban J connectivity index is 1.99. The van der Waals surface area contributed by atoms with Crippen LogP contribution in [0.1, 0.15) is 43.0 Å². The van der Waals surface area contributed by atoms with E-state index in [1.54, 1.807) is 23.6 Å². The number of nitrogens with one attached hydrogen (secondary N) is 1. The minimum Gasteiger partial charge on any atom is -0.351 e. The van der Waals surface area contributed by atoms with Crippen LogP contribution in [-0.2, 0) is 9.59 Å². The highest BCUT2D eigenvalue weighted by Crippen LogP contribution is 2.34. The average molecular weight is 410 g/mol. The molecule has 2 amide bonds. The van der Waals surface area contributed by atoms with Crippen LogP contribution < -0.4 is 10.2 Å². The highest BCUT2D eigenvalue weighted by Gasteiger charge is 2.47. The standard InChI is InChI=1S/C20H21F3N2O2S/c21-20(22,23)19(27)25(15-10-5-2-6-11-15)17(16-12-7-13-28-16)18(26)24-14-8-3-1-4-9-14/h2,5-7,10-14,17H,1,3-4,8-9H2,(H,24,26)/t17-/m1/s1. The zero-order valence-corrected chi connectivity index (χ0v) is 15.9. The molecule has 1 fully saturated rings. The fourth-order valence-electron chi connectivity index (χ4n) is 3.46. The third-order valence-electron chi connectivity index (χ3n) is 4.77. The van der Waals surface area contributed by atoms with Crippen LogP contribution in [0.3, 0.4) is 0 Å². The van der Waals surface area contributed by atoms with Gasteiger partial charge in [0.25, 0.3) is 0 Å². The van der Waals surface area contributed by atoms with Gasteiger partial charge in [0.15, 0.2) is 6.04 Å². The molecule has 1 heterocycles. The molecule has 1 N–H and O–H groups in total. The summed E-state index contributed by atoms with van der Waals surface area (Å²) in [6.45, 7) is 0. The second-order valence-electron chi connectivity index (χ2n) is 6.77. The quantitative estimate of drug-likeness (QED) is 0.767. The number of amides is 2. The molecular formula is C20H21F3N2O2S. The normalized spacial score (nSPS) is 16.4. The van der Waals surface area contributed by atoms with Crippen molar-refractivity contribution in [3.8, 4) is 0 Å². The van der Waals surface area contributed by atoms with E-state index >= 15 is 0 Å². The number of nitrogens with zero attached hydrogens (tertiary/aromatic N) is 1. The fourth-order valence-corrected chi connectivity index (χ4v) is 4.27. The van der Waals surface area contributed by atoms with E-state index in [1.807, 2.05) is 0 Å². The van der Waals surface area contributed by atoms with Gasteiger partial charge in [0, 0.05) is 16.6 Å². The maximum atomic E-state index is 13.4. The van der Waals surface area contributed by atoms with Gasteiger partial charge in [-0.15, -0.1) is 11.3 Å². The first-order valence-corrected chi connectivity index (χ1v) is 10.0. The van der Waals surface area contributed by atoms with E-state index in [4.69, 9.17) is 0 Å². The third kappa shape index (κ3) is 4.73. The largest absolute Gasteiger partial charge is 0.471 e. The molecular weight excluding hydrogens is 389 g/mol. The molecule has 0 saturated heterocycles. The number of hydrogen-bond acceptors (Lipinski definition) is 3. The monoisotopic (exact) mass is 410 g/mol. The van der Waals surface area contributed by atoms with Crippen LogP contribution in [0.15, 0.2) is 47.8 Å². The molecule has 0 bridgehead atoms. The summed E-state index contributed by atoms with van der Waals surface area (Å²) in [7, 11) is 0. The van der Waals surface area contributed by atoms with Crippen LogP contribution in [0.5, 0.6) is 0 Å². The van der Waals surface area contributed by atoms with E-state index in [0.717, 1.165) is 43.4 Å². The molecule has 150 valence electrons. The van der Waals surface area contributed by atoms with Gasteiger partial charge in [0.05, 0.1) is 0 Å². The number of carbonyl (C=O) groups excluding carboxylic acids is 2. The van der Waals surface area contributed by atoms with Crippen LogP contribution in [-0.4, -0.2) is 24.0 Å². The van der Waals surface area contributed by atoms with Crippen LogP contribution in [0.2, 0.25) is 0 Å². The zero-order chi connectivity index (χ0) is 20.1. The van der Waals surface area contributed by atoms with Gasteiger partial charge in [-0.3, -0.25) is 14.5 Å². The summed E-state index contributed by atoms with van der Waals surface area (Å²) in [5.41, 5.74) is 0.0296. The van der Waals surface area contributed by atoms with Crippen molar-refractivity contribution in [3.63, 3.8) is 0 Å². The zero-order valence-electron chi connectivity index (χ0n) is 15.1. The number of hydrogen-bond donors (Lipinski definition) is 1. The number of halogens is 3. The van der Waals surface area contributed by atoms with Gasteiger partial charge < -0.3 is 5.32 Å². The van der Waals surface area contributed by atoms with Crippen LogP contribution in [0.4, 0.5) is 18.9 Å². The van der Waals surface area contributed by atoms with E-state index in [2.05, 4.69) is 5.32 Å². The Morgan fingerprint density at radius 1 is 1.04 bits per heavy atom. The molecule has 0 spiro atoms. The van der Waals surface area contributed by atoms with E-state index in [-0.39, 0.29) is 11.7 Å². The van der Waals surface area contributed by atoms with Crippen molar-refractivity contribution in [1.29, 1.82) is 0 Å². The van der Waals surface area contributed by atoms with Gasteiger partial charge in [0.1, 0.15) is 0 Å². The summed E-state index contributed by atoms with van der Waals surface area (Å²) in [6, 6.07) is 9.30. The van der Waals surface area contributed by atoms with Crippen molar-refractivity contribution in [2.45, 2.75) is 50.4 Å². The molecule has 8 heteroatoms. The van der Waals surface area contributed by atoms with Crippen molar-refractivity contribution in [2.24, 2.45) is 0 Å². The molecule has 1 atom stereocenters. The average Bonchev–Trinajstić information content (AvgIpc) is 3.20. The van der Waals surface area contributed by atoms with Gasteiger partial charge in [0.2, 0.25) is 5.91 Å². The molecule has 0 unspecified atom stereocenters. The molecule has 1 aliphatic carbocycles. The molecule has 2 aromatic rings. The summed E-state index contributed by atoms with van der Waals surface area (Å²) in [5, 5.41) is 4.55. The van der Waals surface area contributed by atoms with Crippen molar-refractivity contribution in [2.75, 3.05) is 4.90 Å². The van der Waals surface area contributed by atoms with Crippen molar-refractivity contribution in [3.05, 3.63) is 52.7 Å². The second-order valence-corrected chi connectivity index (χ2v) is 7.75. The van der Waals surface area contributed by atoms with Gasteiger partial charge in [-0.2, -0.15) is 13.2 Å². The Hall–Kier alpha value is -2.35. The van der Waals surface area contributed by atoms with Gasteiger partial charge in [-0.25, -0.2) is 0 Å². The van der Waals surface area contributed by atoms with E-state index in [9.17, 15) is 22.8 Å². The Bertz CT molecular complexity index is 788. The van der Waals surface area contributed by atoms with Crippen molar-refractivity contribution in [1.82, 2.24) is 5.32 Å². The molecule has 0 aliphatic heterocycles. The van der Waals surface area contributed by atoms with Crippen molar-refractivity contribution >= 4 is 28.8 Å². The lowest BCUT2D eigenvalue weighted by Gasteiger charge is -2.33. The molecule has 4 nitrogen and oxygen atoms in total. The summed E-state index contributed by atoms with van der Waals surface area (Å²) in [4.78, 5) is 26.4. The number of para-hydroxylation sites is 1. The Kier molecular flexibility index (Phi) is 6.39. The first-order valence-electron chi connectivity index (χ1n) is 9.17. The van der Waals surface area contributed by atoms with E-state index in [0.29, 0.717) is 9.78 Å². The van der Waals surface area contributed by atoms with Crippen molar-refractivity contribution < 1.29 is 22.8 Å². The Labute approximate surface area is 165 Å². The van der Waals surface area contributed by atoms with Crippen LogP contribution in [0, 0.1) is 0 Å². The summed E-state index contributed by atoms with van der Waals surface area (Å²) in [6.07, 6.45) is -0.486. The summed E-state index contributed by atoms with van der Waals surface area (Å²) < 4.78 is 40.2. The number of benzene rings is 1. The fraction of sp³-hybridized carbons (Fsp3) is 0.400. The SMILES string of the molecule is O=C(NC1CCCCC1)[C@@H](c1cccs1)N(C(=O)C(F)(F)F)c1ccccc1. The number of carbonyl (C=O) groups is 2. The molecule has 1 aliphatic rings. The summed E-state index contributed by atoms with van der Waals surface area (Å²) in [5.74, 6) is -2.65. The molecule has 1 aromatic carbocycles. The first-order chi connectivity index (χ1) is 13.4. The van der Waals surface area contributed by atoms with E-state index in [1.165, 1.54) is 24.3 Å². The maximum absolute atomic E-state index is 13.4. The Morgan fingerprint density at radius 3 is 2.29 bits per heavy atom. The van der Waals surface area contributed by atoms with Crippen LogP contribution >= 0.6 is 11.3 Å². The molecule has 0 radical (unpaired) electrons. The van der Waals surface area contributed by atoms with Gasteiger partial charge >= 0.3 is 12.1 Å². The lowest BCUT2D eigenvalue weighted by atomic mass is 9.95. The maximum Gasteiger partial charge on any atom is 0.471 e. The molecule has 1 aromatic heterocycles. The number of rotatable bonds is 5. The molecule has 1 saturated carbocycles. The van der Waals surface area contributed by atoms with E-state index < -0.39 is 24.0 Å². The predicted molar refractivity (Wildman–Crippen MR) is 102 cm³/mol. The minimum absolute atomic E-state index is 0.0296. The lowest BCUT2D eigenvalue weighted by molar-refractivity contribution is -0.171. The number of alkyl halides is 3. The van der Waals surface area contributed by atoms with Gasteiger partial charge in [-0.1, -0.05) is 43.5 Å². The third-order valence-corrected chi connectivity index (χ3v) is 5.69. The lowest BCUT2D eigenvalue weighted by Crippen LogP contribution is -2.50. The summed E-state index contributed by atoms with van der Waals surface area (Å²) >= 11 is 1.15. The highest BCUT2D eigenvalue weighted by atomic mass is 32.1.